The second-order valence-corrected chi connectivity index (χ2v) is 7.30. The third-order valence-corrected chi connectivity index (χ3v) is 5.43. The molecule has 5 rings (SSSR count). The Morgan fingerprint density at radius 2 is 2.11 bits per heavy atom. The Bertz CT molecular complexity index is 1160. The van der Waals surface area contributed by atoms with Gasteiger partial charge in [-0.1, -0.05) is 18.2 Å². The van der Waals surface area contributed by atoms with Gasteiger partial charge in [0.05, 0.1) is 6.04 Å². The van der Waals surface area contributed by atoms with Crippen molar-refractivity contribution >= 4 is 27.8 Å². The number of aromatic amines is 1. The molecule has 1 aliphatic carbocycles. The van der Waals surface area contributed by atoms with Gasteiger partial charge in [-0.25, -0.2) is 4.39 Å². The van der Waals surface area contributed by atoms with E-state index in [1.807, 2.05) is 31.3 Å². The Kier molecular flexibility index (Phi) is 3.57. The van der Waals surface area contributed by atoms with Crippen molar-refractivity contribution in [1.29, 1.82) is 0 Å². The number of H-pyrrole nitrogens is 1. The molecule has 4 aromatic rings. The van der Waals surface area contributed by atoms with Crippen LogP contribution in [0.2, 0.25) is 0 Å². The predicted molar refractivity (Wildman–Crippen MR) is 102 cm³/mol. The maximum atomic E-state index is 13.3. The molecule has 0 radical (unpaired) electrons. The number of furan rings is 1. The van der Waals surface area contributed by atoms with E-state index in [9.17, 15) is 9.18 Å². The Morgan fingerprint density at radius 1 is 1.26 bits per heavy atom. The number of para-hydroxylation sites is 1. The van der Waals surface area contributed by atoms with Crippen molar-refractivity contribution in [2.45, 2.75) is 25.3 Å². The number of fused-ring (bicyclic) bond motifs is 2. The Balaban J connectivity index is 1.30. The zero-order valence-corrected chi connectivity index (χ0v) is 14.8. The Labute approximate surface area is 155 Å². The van der Waals surface area contributed by atoms with Crippen molar-refractivity contribution in [3.8, 4) is 0 Å². The quantitative estimate of drug-likeness (QED) is 0.535. The van der Waals surface area contributed by atoms with E-state index in [1.165, 1.54) is 23.1 Å². The van der Waals surface area contributed by atoms with Gasteiger partial charge in [0.1, 0.15) is 17.2 Å². The average Bonchev–Trinajstić information content (AvgIpc) is 3.16. The molecule has 4 nitrogen and oxygen atoms in total. The van der Waals surface area contributed by atoms with Crippen LogP contribution in [-0.4, -0.2) is 10.9 Å². The fraction of sp³-hybridized carbons (Fsp3) is 0.227. The number of benzene rings is 2. The van der Waals surface area contributed by atoms with Gasteiger partial charge in [-0.2, -0.15) is 0 Å². The Morgan fingerprint density at radius 3 is 3.00 bits per heavy atom. The molecule has 136 valence electrons. The van der Waals surface area contributed by atoms with E-state index in [2.05, 4.69) is 16.4 Å². The molecule has 0 aliphatic heterocycles. The summed E-state index contributed by atoms with van der Waals surface area (Å²) in [6, 6.07) is 14.1. The van der Waals surface area contributed by atoms with E-state index in [0.29, 0.717) is 16.7 Å². The number of halogens is 1. The number of amides is 1. The second kappa shape index (κ2) is 5.98. The Hall–Kier alpha value is -3.08. The van der Waals surface area contributed by atoms with Gasteiger partial charge in [0.15, 0.2) is 0 Å². The van der Waals surface area contributed by atoms with Crippen LogP contribution in [0, 0.1) is 11.7 Å². The zero-order chi connectivity index (χ0) is 18.5. The SMILES string of the molecule is C[C@@H](NC(=O)[C@@H]1C[C@H]1c1c[nH]c2ccccc12)c1cc2cc(F)ccc2o1. The topological polar surface area (TPSA) is 58.0 Å². The van der Waals surface area contributed by atoms with Gasteiger partial charge in [0.25, 0.3) is 0 Å². The molecule has 27 heavy (non-hydrogen) atoms. The summed E-state index contributed by atoms with van der Waals surface area (Å²) in [6.07, 6.45) is 2.87. The molecule has 5 heteroatoms. The van der Waals surface area contributed by atoms with Crippen molar-refractivity contribution in [1.82, 2.24) is 10.3 Å². The molecule has 2 aromatic heterocycles. The lowest BCUT2D eigenvalue weighted by molar-refractivity contribution is -0.123. The predicted octanol–water partition coefficient (Wildman–Crippen LogP) is 5.03. The summed E-state index contributed by atoms with van der Waals surface area (Å²) in [5.74, 6) is 0.593. The molecular weight excluding hydrogens is 343 g/mol. The van der Waals surface area contributed by atoms with Gasteiger partial charge in [-0.15, -0.1) is 0 Å². The van der Waals surface area contributed by atoms with Crippen LogP contribution in [-0.2, 0) is 4.79 Å². The van der Waals surface area contributed by atoms with Crippen LogP contribution in [0.25, 0.3) is 21.9 Å². The number of carbonyl (C=O) groups is 1. The molecule has 0 saturated heterocycles. The van der Waals surface area contributed by atoms with E-state index in [4.69, 9.17) is 4.42 Å². The van der Waals surface area contributed by atoms with Crippen molar-refractivity contribution in [3.63, 3.8) is 0 Å². The lowest BCUT2D eigenvalue weighted by Gasteiger charge is -2.11. The summed E-state index contributed by atoms with van der Waals surface area (Å²) in [7, 11) is 0. The standard InChI is InChI=1S/C22H19FN2O2/c1-12(21-9-13-8-14(23)6-7-20(13)27-21)25-22(26)17-10-16(17)18-11-24-19-5-3-2-4-15(18)19/h2-9,11-12,16-17,24H,10H2,1H3,(H,25,26)/t12-,16-,17-/m1/s1. The number of carbonyl (C=O) groups excluding carboxylic acids is 1. The monoisotopic (exact) mass is 362 g/mol. The smallest absolute Gasteiger partial charge is 0.224 e. The van der Waals surface area contributed by atoms with Crippen LogP contribution in [0.4, 0.5) is 4.39 Å². The summed E-state index contributed by atoms with van der Waals surface area (Å²) in [5.41, 5.74) is 2.93. The summed E-state index contributed by atoms with van der Waals surface area (Å²) in [6.45, 7) is 1.88. The first kappa shape index (κ1) is 16.1. The van der Waals surface area contributed by atoms with Crippen molar-refractivity contribution in [3.05, 3.63) is 71.9 Å². The highest BCUT2D eigenvalue weighted by molar-refractivity contribution is 5.88. The van der Waals surface area contributed by atoms with E-state index in [1.54, 1.807) is 12.1 Å². The van der Waals surface area contributed by atoms with Crippen molar-refractivity contribution < 1.29 is 13.6 Å². The number of aromatic nitrogens is 1. The van der Waals surface area contributed by atoms with Gasteiger partial charge in [-0.05, 0) is 55.2 Å². The van der Waals surface area contributed by atoms with Crippen LogP contribution >= 0.6 is 0 Å². The first-order valence-electron chi connectivity index (χ1n) is 9.15. The van der Waals surface area contributed by atoms with E-state index < -0.39 is 0 Å². The largest absolute Gasteiger partial charge is 0.459 e. The number of nitrogens with one attached hydrogen (secondary N) is 2. The maximum absolute atomic E-state index is 13.3. The first-order chi connectivity index (χ1) is 13.1. The summed E-state index contributed by atoms with van der Waals surface area (Å²) >= 11 is 0. The highest BCUT2D eigenvalue weighted by atomic mass is 19.1. The molecule has 2 heterocycles. The molecule has 2 N–H and O–H groups in total. The number of hydrogen-bond donors (Lipinski definition) is 2. The average molecular weight is 362 g/mol. The first-order valence-corrected chi connectivity index (χ1v) is 9.15. The van der Waals surface area contributed by atoms with Gasteiger partial charge in [0, 0.05) is 28.4 Å². The van der Waals surface area contributed by atoms with Gasteiger partial charge < -0.3 is 14.7 Å². The minimum atomic E-state index is -0.300. The molecule has 2 aromatic carbocycles. The molecule has 1 amide bonds. The van der Waals surface area contributed by atoms with Crippen LogP contribution in [0.5, 0.6) is 0 Å². The van der Waals surface area contributed by atoms with Crippen molar-refractivity contribution in [2.75, 3.05) is 0 Å². The summed E-state index contributed by atoms with van der Waals surface area (Å²) in [5, 5.41) is 4.93. The van der Waals surface area contributed by atoms with E-state index in [-0.39, 0.29) is 29.6 Å². The number of rotatable bonds is 4. The highest BCUT2D eigenvalue weighted by Crippen LogP contribution is 2.49. The maximum Gasteiger partial charge on any atom is 0.224 e. The fourth-order valence-electron chi connectivity index (χ4n) is 3.87. The number of hydrogen-bond acceptors (Lipinski definition) is 2. The van der Waals surface area contributed by atoms with Gasteiger partial charge in [-0.3, -0.25) is 4.79 Å². The van der Waals surface area contributed by atoms with Gasteiger partial charge >= 0.3 is 0 Å². The minimum absolute atomic E-state index is 0.0199. The molecular formula is C22H19FN2O2. The van der Waals surface area contributed by atoms with Crippen LogP contribution in [0.15, 0.2) is 59.1 Å². The highest BCUT2D eigenvalue weighted by Gasteiger charge is 2.45. The summed E-state index contributed by atoms with van der Waals surface area (Å²) < 4.78 is 19.1. The molecule has 0 spiro atoms. The van der Waals surface area contributed by atoms with Crippen LogP contribution in [0.3, 0.4) is 0 Å². The molecule has 1 aliphatic rings. The molecule has 0 bridgehead atoms. The van der Waals surface area contributed by atoms with E-state index in [0.717, 1.165) is 11.9 Å². The minimum Gasteiger partial charge on any atom is -0.459 e. The van der Waals surface area contributed by atoms with Crippen molar-refractivity contribution in [2.24, 2.45) is 5.92 Å². The third-order valence-electron chi connectivity index (χ3n) is 5.43. The zero-order valence-electron chi connectivity index (χ0n) is 14.8. The molecule has 3 atom stereocenters. The van der Waals surface area contributed by atoms with Crippen LogP contribution < -0.4 is 5.32 Å². The fourth-order valence-corrected chi connectivity index (χ4v) is 3.87. The normalized spacial score (nSPS) is 20.1. The third kappa shape index (κ3) is 2.79. The second-order valence-electron chi connectivity index (χ2n) is 7.30. The molecule has 1 fully saturated rings. The van der Waals surface area contributed by atoms with Gasteiger partial charge in [0.2, 0.25) is 5.91 Å². The van der Waals surface area contributed by atoms with Crippen LogP contribution in [0.1, 0.15) is 36.6 Å². The lowest BCUT2D eigenvalue weighted by atomic mass is 10.1. The lowest BCUT2D eigenvalue weighted by Crippen LogP contribution is -2.28. The van der Waals surface area contributed by atoms with E-state index >= 15 is 0 Å². The summed E-state index contributed by atoms with van der Waals surface area (Å²) in [4.78, 5) is 16.0. The molecule has 0 unspecified atom stereocenters. The molecule has 1 saturated carbocycles.